The van der Waals surface area contributed by atoms with Gasteiger partial charge in [0.2, 0.25) is 5.91 Å². The molecule has 0 aromatic heterocycles. The highest BCUT2D eigenvalue weighted by atomic mass is 16.2. The summed E-state index contributed by atoms with van der Waals surface area (Å²) in [6.45, 7) is 3.48. The fourth-order valence-corrected chi connectivity index (χ4v) is 2.10. The van der Waals surface area contributed by atoms with Crippen LogP contribution in [0.25, 0.3) is 0 Å². The molecule has 92 valence electrons. The fraction of sp³-hybridized carbons (Fsp3) is 0.462. The molecule has 1 aromatic rings. The van der Waals surface area contributed by atoms with E-state index in [1.165, 1.54) is 0 Å². The van der Waals surface area contributed by atoms with Crippen LogP contribution in [-0.4, -0.2) is 19.0 Å². The molecule has 0 spiro atoms. The lowest BCUT2D eigenvalue weighted by molar-refractivity contribution is -0.124. The Morgan fingerprint density at radius 3 is 2.88 bits per heavy atom. The lowest BCUT2D eigenvalue weighted by Crippen LogP contribution is -2.35. The normalized spacial score (nSPS) is 23.6. The molecule has 17 heavy (non-hydrogen) atoms. The van der Waals surface area contributed by atoms with Gasteiger partial charge in [0.25, 0.3) is 0 Å². The first-order chi connectivity index (χ1) is 8.33. The number of carbonyl (C=O) groups excluding carboxylic acids is 1. The molecule has 0 aliphatic carbocycles. The zero-order chi connectivity index (χ0) is 12.1. The monoisotopic (exact) mass is 233 g/mol. The molecule has 0 bridgehead atoms. The summed E-state index contributed by atoms with van der Waals surface area (Å²) < 4.78 is 0. The van der Waals surface area contributed by atoms with Gasteiger partial charge in [-0.2, -0.15) is 0 Å². The average Bonchev–Trinajstić information content (AvgIpc) is 2.86. The lowest BCUT2D eigenvalue weighted by atomic mass is 9.94. The van der Waals surface area contributed by atoms with Gasteiger partial charge in [0.15, 0.2) is 0 Å². The van der Waals surface area contributed by atoms with Crippen LogP contribution < -0.4 is 16.2 Å². The van der Waals surface area contributed by atoms with Crippen molar-refractivity contribution >= 4 is 5.91 Å². The highest BCUT2D eigenvalue weighted by Crippen LogP contribution is 2.24. The highest BCUT2D eigenvalue weighted by molar-refractivity contribution is 5.80. The molecule has 1 aliphatic rings. The quantitative estimate of drug-likeness (QED) is 0.726. The average molecular weight is 233 g/mol. The van der Waals surface area contributed by atoms with E-state index in [1.54, 1.807) is 0 Å². The number of amides is 1. The largest absolute Gasteiger partial charge is 0.356 e. The first-order valence-electron chi connectivity index (χ1n) is 6.14. The molecule has 2 atom stereocenters. The second-order valence-electron chi connectivity index (χ2n) is 4.31. The van der Waals surface area contributed by atoms with Gasteiger partial charge in [-0.1, -0.05) is 37.3 Å². The van der Waals surface area contributed by atoms with Gasteiger partial charge < -0.3 is 5.32 Å². The van der Waals surface area contributed by atoms with Gasteiger partial charge in [-0.3, -0.25) is 10.2 Å². The molecule has 3 N–H and O–H groups in total. The van der Waals surface area contributed by atoms with Crippen molar-refractivity contribution in [2.24, 2.45) is 5.92 Å². The maximum atomic E-state index is 12.0. The second kappa shape index (κ2) is 5.80. The summed E-state index contributed by atoms with van der Waals surface area (Å²) in [6.07, 6.45) is 0.968. The van der Waals surface area contributed by atoms with Gasteiger partial charge in [-0.05, 0) is 12.0 Å². The third-order valence-electron chi connectivity index (χ3n) is 3.03. The van der Waals surface area contributed by atoms with Crippen molar-refractivity contribution in [3.8, 4) is 0 Å². The first-order valence-corrected chi connectivity index (χ1v) is 6.14. The van der Waals surface area contributed by atoms with Crippen molar-refractivity contribution in [2.45, 2.75) is 19.4 Å². The van der Waals surface area contributed by atoms with Gasteiger partial charge in [0, 0.05) is 13.1 Å². The van der Waals surface area contributed by atoms with Crippen LogP contribution in [0.1, 0.15) is 24.9 Å². The zero-order valence-electron chi connectivity index (χ0n) is 10.1. The predicted molar refractivity (Wildman–Crippen MR) is 67.1 cm³/mol. The maximum Gasteiger partial charge on any atom is 0.226 e. The molecule has 1 amide bonds. The van der Waals surface area contributed by atoms with Crippen LogP contribution in [0.4, 0.5) is 0 Å². The molecule has 2 unspecified atom stereocenters. The Balaban J connectivity index is 2.05. The van der Waals surface area contributed by atoms with E-state index >= 15 is 0 Å². The summed E-state index contributed by atoms with van der Waals surface area (Å²) in [5.41, 5.74) is 7.38. The minimum Gasteiger partial charge on any atom is -0.356 e. The van der Waals surface area contributed by atoms with Crippen LogP contribution in [0, 0.1) is 5.92 Å². The Kier molecular flexibility index (Phi) is 4.12. The van der Waals surface area contributed by atoms with Gasteiger partial charge in [-0.15, -0.1) is 0 Å². The van der Waals surface area contributed by atoms with E-state index in [0.717, 1.165) is 18.5 Å². The molecule has 2 rings (SSSR count). The van der Waals surface area contributed by atoms with E-state index in [2.05, 4.69) is 23.1 Å². The van der Waals surface area contributed by atoms with Crippen molar-refractivity contribution < 1.29 is 4.79 Å². The van der Waals surface area contributed by atoms with Gasteiger partial charge in [0.1, 0.15) is 0 Å². The standard InChI is InChI=1S/C13H19N3O/c1-2-8-14-13(17)11-9-15-16-12(11)10-6-4-3-5-7-10/h3-7,11-12,15-16H,2,8-9H2,1H3,(H,14,17). The van der Waals surface area contributed by atoms with Crippen LogP contribution >= 0.6 is 0 Å². The lowest BCUT2D eigenvalue weighted by Gasteiger charge is -2.18. The summed E-state index contributed by atoms with van der Waals surface area (Å²) >= 11 is 0. The molecule has 1 aliphatic heterocycles. The predicted octanol–water partition coefficient (Wildman–Crippen LogP) is 0.978. The number of hydrazine groups is 1. The molecule has 1 heterocycles. The molecule has 1 aromatic carbocycles. The van der Waals surface area contributed by atoms with E-state index in [0.29, 0.717) is 6.54 Å². The van der Waals surface area contributed by atoms with E-state index < -0.39 is 0 Å². The molecule has 1 saturated heterocycles. The van der Waals surface area contributed by atoms with Gasteiger partial charge >= 0.3 is 0 Å². The third kappa shape index (κ3) is 2.84. The first kappa shape index (κ1) is 12.1. The number of rotatable bonds is 4. The van der Waals surface area contributed by atoms with Gasteiger partial charge in [-0.25, -0.2) is 5.43 Å². The van der Waals surface area contributed by atoms with Crippen molar-refractivity contribution in [1.29, 1.82) is 0 Å². The fourth-order valence-electron chi connectivity index (χ4n) is 2.10. The Bertz CT molecular complexity index is 366. The summed E-state index contributed by atoms with van der Waals surface area (Å²) in [5.74, 6) is 0.0853. The molecule has 4 nitrogen and oxygen atoms in total. The van der Waals surface area contributed by atoms with Crippen LogP contribution in [-0.2, 0) is 4.79 Å². The molecule has 0 radical (unpaired) electrons. The molecule has 0 saturated carbocycles. The van der Waals surface area contributed by atoms with Crippen molar-refractivity contribution in [3.05, 3.63) is 35.9 Å². The van der Waals surface area contributed by atoms with Crippen LogP contribution in [0.15, 0.2) is 30.3 Å². The number of benzene rings is 1. The Morgan fingerprint density at radius 1 is 1.41 bits per heavy atom. The molecule has 4 heteroatoms. The number of hydrogen-bond donors (Lipinski definition) is 3. The zero-order valence-corrected chi connectivity index (χ0v) is 10.1. The van der Waals surface area contributed by atoms with E-state index in [4.69, 9.17) is 0 Å². The number of hydrogen-bond acceptors (Lipinski definition) is 3. The van der Waals surface area contributed by atoms with Crippen molar-refractivity contribution in [3.63, 3.8) is 0 Å². The van der Waals surface area contributed by atoms with E-state index in [1.807, 2.05) is 30.3 Å². The smallest absolute Gasteiger partial charge is 0.226 e. The summed E-state index contributed by atoms with van der Waals surface area (Å²) in [4.78, 5) is 12.0. The van der Waals surface area contributed by atoms with Crippen LogP contribution in [0.2, 0.25) is 0 Å². The number of nitrogens with one attached hydrogen (secondary N) is 3. The van der Waals surface area contributed by atoms with Gasteiger partial charge in [0.05, 0.1) is 12.0 Å². The minimum atomic E-state index is -0.0380. The topological polar surface area (TPSA) is 53.2 Å². The summed E-state index contributed by atoms with van der Waals surface area (Å²) in [5, 5.41) is 2.96. The molecular weight excluding hydrogens is 214 g/mol. The molecule has 1 fully saturated rings. The Morgan fingerprint density at radius 2 is 2.18 bits per heavy atom. The van der Waals surface area contributed by atoms with Crippen molar-refractivity contribution in [2.75, 3.05) is 13.1 Å². The summed E-state index contributed by atoms with van der Waals surface area (Å²) in [6, 6.07) is 10.1. The summed E-state index contributed by atoms with van der Waals surface area (Å²) in [7, 11) is 0. The maximum absolute atomic E-state index is 12.0. The minimum absolute atomic E-state index is 0.0380. The van der Waals surface area contributed by atoms with E-state index in [9.17, 15) is 4.79 Å². The SMILES string of the molecule is CCCNC(=O)C1CNNC1c1ccccc1. The van der Waals surface area contributed by atoms with Crippen molar-refractivity contribution in [1.82, 2.24) is 16.2 Å². The Labute approximate surface area is 102 Å². The second-order valence-corrected chi connectivity index (χ2v) is 4.31. The number of carbonyl (C=O) groups is 1. The molecular formula is C13H19N3O. The Hall–Kier alpha value is -1.39. The van der Waals surface area contributed by atoms with E-state index in [-0.39, 0.29) is 17.9 Å². The van der Waals surface area contributed by atoms with Crippen LogP contribution in [0.3, 0.4) is 0 Å². The highest BCUT2D eigenvalue weighted by Gasteiger charge is 2.33. The van der Waals surface area contributed by atoms with Crippen LogP contribution in [0.5, 0.6) is 0 Å². The third-order valence-corrected chi connectivity index (χ3v) is 3.03.